The summed E-state index contributed by atoms with van der Waals surface area (Å²) in [5, 5.41) is 7.53. The van der Waals surface area contributed by atoms with Crippen LogP contribution in [0.15, 0.2) is 91.0 Å². The topological polar surface area (TPSA) is 56.4 Å². The molecule has 152 valence electrons. The summed E-state index contributed by atoms with van der Waals surface area (Å²) in [5.41, 5.74) is 11.3. The summed E-state index contributed by atoms with van der Waals surface area (Å²) in [6.45, 7) is 5.00. The van der Waals surface area contributed by atoms with Crippen molar-refractivity contribution < 1.29 is 0 Å². The van der Waals surface area contributed by atoms with Gasteiger partial charge in [0.2, 0.25) is 0 Å². The van der Waals surface area contributed by atoms with Gasteiger partial charge in [-0.1, -0.05) is 66.7 Å². The van der Waals surface area contributed by atoms with Gasteiger partial charge in [-0.15, -0.1) is 0 Å². The van der Waals surface area contributed by atoms with E-state index in [4.69, 9.17) is 11.1 Å². The fraction of sp³-hybridized carbons (Fsp3) is 0.192. The lowest BCUT2D eigenvalue weighted by Crippen LogP contribution is -2.46. The molecule has 4 heteroatoms. The molecule has 0 radical (unpaired) electrons. The lowest BCUT2D eigenvalue weighted by Gasteiger charge is -2.35. The summed E-state index contributed by atoms with van der Waals surface area (Å²) in [6.07, 6.45) is 2.36. The zero-order valence-electron chi connectivity index (χ0n) is 17.2. The van der Waals surface area contributed by atoms with Crippen LogP contribution in [0, 0.1) is 5.41 Å². The summed E-state index contributed by atoms with van der Waals surface area (Å²) < 4.78 is 0. The van der Waals surface area contributed by atoms with E-state index in [-0.39, 0.29) is 5.84 Å². The molecule has 1 fully saturated rings. The van der Waals surface area contributed by atoms with Gasteiger partial charge in [-0.3, -0.25) is 10.3 Å². The normalized spacial score (nSPS) is 14.3. The van der Waals surface area contributed by atoms with Crippen LogP contribution in [0.1, 0.15) is 16.7 Å². The number of nitrogen functional groups attached to an aromatic ring is 1. The first-order valence-electron chi connectivity index (χ1n) is 10.4. The van der Waals surface area contributed by atoms with E-state index < -0.39 is 0 Å². The molecule has 0 bridgehead atoms. The molecule has 0 unspecified atom stereocenters. The van der Waals surface area contributed by atoms with Gasteiger partial charge >= 0.3 is 0 Å². The van der Waals surface area contributed by atoms with Crippen LogP contribution >= 0.6 is 0 Å². The Morgan fingerprint density at radius 1 is 0.733 bits per heavy atom. The fourth-order valence-electron chi connectivity index (χ4n) is 3.90. The van der Waals surface area contributed by atoms with Crippen LogP contribution in [-0.2, 0) is 0 Å². The largest absolute Gasteiger partial charge is 0.384 e. The summed E-state index contributed by atoms with van der Waals surface area (Å²) in [5.74, 6) is 0.116. The number of anilines is 1. The van der Waals surface area contributed by atoms with E-state index in [9.17, 15) is 0 Å². The summed E-state index contributed by atoms with van der Waals surface area (Å²) in [6, 6.07) is 29.2. The second kappa shape index (κ2) is 9.42. The first-order chi connectivity index (χ1) is 14.7. The van der Waals surface area contributed by atoms with Crippen LogP contribution in [0.25, 0.3) is 5.57 Å². The summed E-state index contributed by atoms with van der Waals surface area (Å²) in [4.78, 5) is 4.91. The lowest BCUT2D eigenvalue weighted by atomic mass is 9.97. The molecule has 3 aromatic rings. The highest BCUT2D eigenvalue weighted by Gasteiger charge is 2.17. The van der Waals surface area contributed by atoms with Gasteiger partial charge in [0.1, 0.15) is 5.84 Å². The molecular weight excluding hydrogens is 368 g/mol. The van der Waals surface area contributed by atoms with Crippen molar-refractivity contribution >= 4 is 17.1 Å². The number of nitrogens with zero attached hydrogens (tertiary/aromatic N) is 2. The molecule has 1 heterocycles. The first-order valence-corrected chi connectivity index (χ1v) is 10.4. The maximum Gasteiger partial charge on any atom is 0.122 e. The number of amidine groups is 1. The van der Waals surface area contributed by atoms with Crippen LogP contribution in [0.5, 0.6) is 0 Å². The Balaban J connectivity index is 1.42. The number of benzene rings is 3. The molecule has 1 saturated heterocycles. The molecule has 0 saturated carbocycles. The quantitative estimate of drug-likeness (QED) is 0.484. The van der Waals surface area contributed by atoms with Gasteiger partial charge in [-0.2, -0.15) is 0 Å². The highest BCUT2D eigenvalue weighted by atomic mass is 15.3. The van der Waals surface area contributed by atoms with Gasteiger partial charge in [0.15, 0.2) is 0 Å². The number of rotatable bonds is 6. The minimum atomic E-state index is 0.116. The molecule has 3 N–H and O–H groups in total. The van der Waals surface area contributed by atoms with Crippen LogP contribution < -0.4 is 10.6 Å². The third-order valence-corrected chi connectivity index (χ3v) is 5.64. The van der Waals surface area contributed by atoms with Gasteiger partial charge in [0.05, 0.1) is 0 Å². The number of nitrogens with one attached hydrogen (secondary N) is 1. The van der Waals surface area contributed by atoms with E-state index in [0.29, 0.717) is 0 Å². The Morgan fingerprint density at radius 3 is 1.77 bits per heavy atom. The highest BCUT2D eigenvalue weighted by molar-refractivity contribution is 5.95. The van der Waals surface area contributed by atoms with Crippen LogP contribution in [0.2, 0.25) is 0 Å². The van der Waals surface area contributed by atoms with Gasteiger partial charge in [-0.05, 0) is 41.0 Å². The van der Waals surface area contributed by atoms with Gasteiger partial charge in [-0.25, -0.2) is 0 Å². The molecule has 0 aliphatic carbocycles. The minimum Gasteiger partial charge on any atom is -0.384 e. The molecule has 30 heavy (non-hydrogen) atoms. The van der Waals surface area contributed by atoms with Crippen molar-refractivity contribution in [1.29, 1.82) is 5.41 Å². The van der Waals surface area contributed by atoms with E-state index in [1.807, 2.05) is 12.1 Å². The smallest absolute Gasteiger partial charge is 0.122 e. The molecule has 4 nitrogen and oxygen atoms in total. The first kappa shape index (κ1) is 19.9. The average Bonchev–Trinajstić information content (AvgIpc) is 2.81. The lowest BCUT2D eigenvalue weighted by molar-refractivity contribution is 0.284. The molecule has 1 aliphatic heterocycles. The highest BCUT2D eigenvalue weighted by Crippen LogP contribution is 2.23. The van der Waals surface area contributed by atoms with Crippen molar-refractivity contribution in [2.75, 3.05) is 37.6 Å². The van der Waals surface area contributed by atoms with Crippen LogP contribution in [-0.4, -0.2) is 43.5 Å². The molecule has 0 amide bonds. The van der Waals surface area contributed by atoms with Crippen molar-refractivity contribution in [1.82, 2.24) is 4.90 Å². The van der Waals surface area contributed by atoms with Crippen LogP contribution in [0.3, 0.4) is 0 Å². The second-order valence-corrected chi connectivity index (χ2v) is 7.60. The molecule has 1 aliphatic rings. The summed E-state index contributed by atoms with van der Waals surface area (Å²) in [7, 11) is 0. The molecule has 4 rings (SSSR count). The second-order valence-electron chi connectivity index (χ2n) is 7.60. The number of hydrogen-bond acceptors (Lipinski definition) is 3. The standard InChI is InChI=1S/C26H28N4/c27-26(28)23-11-13-24(14-12-23)30-19-17-29(18-20-30)16-15-25(21-7-3-1-4-8-21)22-9-5-2-6-10-22/h1-15H,16-20H2,(H3,27,28). The van der Waals surface area contributed by atoms with Gasteiger partial charge < -0.3 is 10.6 Å². The fourth-order valence-corrected chi connectivity index (χ4v) is 3.90. The van der Waals surface area contributed by atoms with Crippen molar-refractivity contribution in [3.05, 3.63) is 108 Å². The summed E-state index contributed by atoms with van der Waals surface area (Å²) >= 11 is 0. The Hall–Kier alpha value is -3.37. The minimum absolute atomic E-state index is 0.116. The number of piperazine rings is 1. The maximum absolute atomic E-state index is 7.53. The van der Waals surface area contributed by atoms with E-state index in [1.165, 1.54) is 22.4 Å². The molecular formula is C26H28N4. The number of nitrogens with two attached hydrogens (primary N) is 1. The molecule has 0 atom stereocenters. The van der Waals surface area contributed by atoms with E-state index in [1.54, 1.807) is 0 Å². The predicted octanol–water partition coefficient (Wildman–Crippen LogP) is 4.22. The van der Waals surface area contributed by atoms with Gasteiger partial charge in [0.25, 0.3) is 0 Å². The third-order valence-electron chi connectivity index (χ3n) is 5.64. The molecule has 3 aromatic carbocycles. The Bertz CT molecular complexity index is 945. The van der Waals surface area contributed by atoms with Gasteiger partial charge in [0, 0.05) is 44.0 Å². The molecule has 0 spiro atoms. The predicted molar refractivity (Wildman–Crippen MR) is 126 cm³/mol. The third kappa shape index (κ3) is 4.78. The van der Waals surface area contributed by atoms with E-state index in [2.05, 4.69) is 88.7 Å². The SMILES string of the molecule is N=C(N)c1ccc(N2CCN(CC=C(c3ccccc3)c3ccccc3)CC2)cc1. The van der Waals surface area contributed by atoms with Crippen LogP contribution in [0.4, 0.5) is 5.69 Å². The van der Waals surface area contributed by atoms with Crippen molar-refractivity contribution in [2.45, 2.75) is 0 Å². The average molecular weight is 397 g/mol. The van der Waals surface area contributed by atoms with Crippen molar-refractivity contribution in [3.8, 4) is 0 Å². The maximum atomic E-state index is 7.53. The van der Waals surface area contributed by atoms with E-state index >= 15 is 0 Å². The Kier molecular flexibility index (Phi) is 6.26. The monoisotopic (exact) mass is 396 g/mol. The van der Waals surface area contributed by atoms with Crippen molar-refractivity contribution in [3.63, 3.8) is 0 Å². The van der Waals surface area contributed by atoms with Crippen molar-refractivity contribution in [2.24, 2.45) is 5.73 Å². The zero-order chi connectivity index (χ0) is 20.8. The Morgan fingerprint density at radius 2 is 1.27 bits per heavy atom. The number of hydrogen-bond donors (Lipinski definition) is 2. The molecule has 0 aromatic heterocycles. The zero-order valence-corrected chi connectivity index (χ0v) is 17.2. The van der Waals surface area contributed by atoms with E-state index in [0.717, 1.165) is 38.3 Å². The Labute approximate surface area is 178 Å².